The minimum absolute atomic E-state index is 0. The van der Waals surface area contributed by atoms with E-state index >= 15 is 0 Å². The van der Waals surface area contributed by atoms with Crippen LogP contribution in [0.5, 0.6) is 11.5 Å². The number of halogens is 1. The van der Waals surface area contributed by atoms with Crippen molar-refractivity contribution < 1.29 is 9.47 Å². The van der Waals surface area contributed by atoms with Gasteiger partial charge >= 0.3 is 0 Å². The molecule has 0 aliphatic carbocycles. The van der Waals surface area contributed by atoms with E-state index in [4.69, 9.17) is 9.47 Å². The molecule has 19 heavy (non-hydrogen) atoms. The summed E-state index contributed by atoms with van der Waals surface area (Å²) in [6, 6.07) is 6.82. The lowest BCUT2D eigenvalue weighted by Crippen LogP contribution is -2.40. The van der Waals surface area contributed by atoms with Crippen LogP contribution in [0.15, 0.2) is 18.2 Å². The van der Waals surface area contributed by atoms with Crippen LogP contribution in [-0.2, 0) is 6.54 Å². The zero-order chi connectivity index (χ0) is 12.4. The Kier molecular flexibility index (Phi) is 4.91. The number of hydrogen-bond donors (Lipinski definition) is 1. The van der Waals surface area contributed by atoms with Gasteiger partial charge < -0.3 is 19.7 Å². The fourth-order valence-electron chi connectivity index (χ4n) is 2.53. The molecule has 0 radical (unpaired) electrons. The maximum Gasteiger partial charge on any atom is 0.231 e. The molecule has 0 spiro atoms. The summed E-state index contributed by atoms with van der Waals surface area (Å²) in [7, 11) is 2.19. The molecule has 106 valence electrons. The maximum absolute atomic E-state index is 5.39. The highest BCUT2D eigenvalue weighted by molar-refractivity contribution is 5.85. The topological polar surface area (TPSA) is 33.7 Å². The fraction of sp³-hybridized carbons (Fsp3) is 0.571. The third-order valence-electron chi connectivity index (χ3n) is 3.75. The van der Waals surface area contributed by atoms with E-state index in [1.54, 1.807) is 0 Å². The number of hydrogen-bond acceptors (Lipinski definition) is 4. The summed E-state index contributed by atoms with van der Waals surface area (Å²) in [6.07, 6.45) is 2.47. The first kappa shape index (κ1) is 14.4. The molecule has 0 bridgehead atoms. The Morgan fingerprint density at radius 3 is 2.74 bits per heavy atom. The van der Waals surface area contributed by atoms with E-state index in [-0.39, 0.29) is 12.4 Å². The van der Waals surface area contributed by atoms with Gasteiger partial charge in [0.25, 0.3) is 0 Å². The molecule has 3 rings (SSSR count). The highest BCUT2D eigenvalue weighted by atomic mass is 35.5. The minimum Gasteiger partial charge on any atom is -0.454 e. The van der Waals surface area contributed by atoms with E-state index in [0.717, 1.165) is 18.0 Å². The van der Waals surface area contributed by atoms with Gasteiger partial charge in [0.2, 0.25) is 6.79 Å². The lowest BCUT2D eigenvalue weighted by atomic mass is 10.1. The predicted molar refractivity (Wildman–Crippen MR) is 77.2 cm³/mol. The predicted octanol–water partition coefficient (Wildman–Crippen LogP) is 2.02. The van der Waals surface area contributed by atoms with E-state index in [9.17, 15) is 0 Å². The van der Waals surface area contributed by atoms with Gasteiger partial charge in [-0.15, -0.1) is 12.4 Å². The van der Waals surface area contributed by atoms with Crippen LogP contribution in [0.2, 0.25) is 0 Å². The van der Waals surface area contributed by atoms with Crippen molar-refractivity contribution in [2.75, 3.05) is 26.9 Å². The van der Waals surface area contributed by atoms with E-state index in [1.165, 1.54) is 31.5 Å². The number of rotatable bonds is 3. The third kappa shape index (κ3) is 3.53. The maximum atomic E-state index is 5.39. The normalized spacial score (nSPS) is 19.2. The van der Waals surface area contributed by atoms with Crippen molar-refractivity contribution in [3.05, 3.63) is 23.8 Å². The second-order valence-corrected chi connectivity index (χ2v) is 5.15. The van der Waals surface area contributed by atoms with Crippen LogP contribution >= 0.6 is 12.4 Å². The van der Waals surface area contributed by atoms with E-state index in [1.807, 2.05) is 6.07 Å². The zero-order valence-electron chi connectivity index (χ0n) is 11.2. The summed E-state index contributed by atoms with van der Waals surface area (Å²) in [6.45, 7) is 3.64. The Bertz CT molecular complexity index is 420. The summed E-state index contributed by atoms with van der Waals surface area (Å²) >= 11 is 0. The smallest absolute Gasteiger partial charge is 0.231 e. The van der Waals surface area contributed by atoms with Gasteiger partial charge in [-0.1, -0.05) is 6.07 Å². The first-order chi connectivity index (χ1) is 8.81. The van der Waals surface area contributed by atoms with Crippen LogP contribution in [0.3, 0.4) is 0 Å². The van der Waals surface area contributed by atoms with Crippen LogP contribution in [-0.4, -0.2) is 37.9 Å². The summed E-state index contributed by atoms with van der Waals surface area (Å²) in [5, 5.41) is 3.63. The number of nitrogens with one attached hydrogen (secondary N) is 1. The molecular formula is C14H21ClN2O2. The molecular weight excluding hydrogens is 264 g/mol. The molecule has 0 amide bonds. The average molecular weight is 285 g/mol. The summed E-state index contributed by atoms with van der Waals surface area (Å²) in [4.78, 5) is 2.39. The Labute approximate surface area is 120 Å². The number of likely N-dealkylation sites (tertiary alicyclic amines) is 1. The molecule has 0 saturated carbocycles. The monoisotopic (exact) mass is 284 g/mol. The summed E-state index contributed by atoms with van der Waals surface area (Å²) in [5.74, 6) is 1.73. The van der Waals surface area contributed by atoms with Crippen molar-refractivity contribution in [2.24, 2.45) is 0 Å². The standard InChI is InChI=1S/C14H20N2O2.ClH/c1-16-6-4-12(5-7-16)15-9-11-2-3-13-14(8-11)18-10-17-13;/h2-3,8,12,15H,4-7,9-10H2,1H3;1H. The van der Waals surface area contributed by atoms with Gasteiger partial charge in [0.05, 0.1) is 0 Å². The van der Waals surface area contributed by atoms with Crippen LogP contribution in [0.25, 0.3) is 0 Å². The number of piperidine rings is 1. The molecule has 2 heterocycles. The highest BCUT2D eigenvalue weighted by Crippen LogP contribution is 2.32. The van der Waals surface area contributed by atoms with Gasteiger partial charge in [0.15, 0.2) is 11.5 Å². The lowest BCUT2D eigenvalue weighted by molar-refractivity contribution is 0.174. The SMILES string of the molecule is CN1CCC(NCc2ccc3c(c2)OCO3)CC1.Cl. The molecule has 2 aliphatic heterocycles. The van der Waals surface area contributed by atoms with Crippen molar-refractivity contribution >= 4 is 12.4 Å². The summed E-state index contributed by atoms with van der Waals surface area (Å²) < 4.78 is 10.7. The van der Waals surface area contributed by atoms with Crippen molar-refractivity contribution in [3.8, 4) is 11.5 Å². The molecule has 1 aromatic carbocycles. The molecule has 1 fully saturated rings. The Morgan fingerprint density at radius 2 is 1.95 bits per heavy atom. The Hall–Kier alpha value is -0.970. The molecule has 1 N–H and O–H groups in total. The largest absolute Gasteiger partial charge is 0.454 e. The van der Waals surface area contributed by atoms with Gasteiger partial charge in [0, 0.05) is 12.6 Å². The molecule has 5 heteroatoms. The number of fused-ring (bicyclic) bond motifs is 1. The average Bonchev–Trinajstić information content (AvgIpc) is 2.85. The van der Waals surface area contributed by atoms with Gasteiger partial charge in [-0.2, -0.15) is 0 Å². The third-order valence-corrected chi connectivity index (χ3v) is 3.75. The van der Waals surface area contributed by atoms with Crippen molar-refractivity contribution in [2.45, 2.75) is 25.4 Å². The second-order valence-electron chi connectivity index (χ2n) is 5.15. The minimum atomic E-state index is 0. The molecule has 0 aromatic heterocycles. The second kappa shape index (κ2) is 6.46. The Balaban J connectivity index is 0.00000133. The van der Waals surface area contributed by atoms with Gasteiger partial charge in [-0.05, 0) is 50.7 Å². The summed E-state index contributed by atoms with van der Waals surface area (Å²) in [5.41, 5.74) is 1.26. The molecule has 1 aromatic rings. The zero-order valence-corrected chi connectivity index (χ0v) is 12.0. The van der Waals surface area contributed by atoms with Crippen LogP contribution in [0, 0.1) is 0 Å². The van der Waals surface area contributed by atoms with Gasteiger partial charge in [-0.3, -0.25) is 0 Å². The van der Waals surface area contributed by atoms with E-state index in [0.29, 0.717) is 12.8 Å². The number of benzene rings is 1. The van der Waals surface area contributed by atoms with Gasteiger partial charge in [-0.25, -0.2) is 0 Å². The molecule has 2 aliphatic rings. The van der Waals surface area contributed by atoms with Crippen LogP contribution < -0.4 is 14.8 Å². The fourth-order valence-corrected chi connectivity index (χ4v) is 2.53. The number of nitrogens with zero attached hydrogens (tertiary/aromatic N) is 1. The first-order valence-corrected chi connectivity index (χ1v) is 6.62. The van der Waals surface area contributed by atoms with Crippen molar-refractivity contribution in [3.63, 3.8) is 0 Å². The molecule has 0 atom stereocenters. The quantitative estimate of drug-likeness (QED) is 0.921. The van der Waals surface area contributed by atoms with Crippen LogP contribution in [0.1, 0.15) is 18.4 Å². The van der Waals surface area contributed by atoms with Crippen LogP contribution in [0.4, 0.5) is 0 Å². The van der Waals surface area contributed by atoms with E-state index < -0.39 is 0 Å². The molecule has 0 unspecified atom stereocenters. The first-order valence-electron chi connectivity index (χ1n) is 6.62. The van der Waals surface area contributed by atoms with E-state index in [2.05, 4.69) is 29.4 Å². The van der Waals surface area contributed by atoms with Gasteiger partial charge in [0.1, 0.15) is 0 Å². The molecule has 1 saturated heterocycles. The molecule has 4 nitrogen and oxygen atoms in total. The van der Waals surface area contributed by atoms with Crippen molar-refractivity contribution in [1.82, 2.24) is 10.2 Å². The Morgan fingerprint density at radius 1 is 1.21 bits per heavy atom. The highest BCUT2D eigenvalue weighted by Gasteiger charge is 2.17. The lowest BCUT2D eigenvalue weighted by Gasteiger charge is -2.29. The number of ether oxygens (including phenoxy) is 2. The van der Waals surface area contributed by atoms with Crippen molar-refractivity contribution in [1.29, 1.82) is 0 Å².